The molecule has 0 bridgehead atoms. The molecule has 1 aliphatic rings. The number of carbonyl (C=O) groups excluding carboxylic acids is 2. The zero-order valence-corrected chi connectivity index (χ0v) is 13.5. The lowest BCUT2D eigenvalue weighted by molar-refractivity contribution is -0.122. The average molecular weight is 349 g/mol. The molecule has 0 saturated carbocycles. The third-order valence-corrected chi connectivity index (χ3v) is 4.32. The summed E-state index contributed by atoms with van der Waals surface area (Å²) in [6.07, 6.45) is 2.13. The number of thioether (sulfide) groups is 1. The van der Waals surface area contributed by atoms with Crippen molar-refractivity contribution in [3.05, 3.63) is 52.6 Å². The largest absolute Gasteiger partial charge is 0.457 e. The number of benzene rings is 1. The first-order chi connectivity index (χ1) is 11.5. The first-order valence-corrected chi connectivity index (χ1v) is 8.12. The number of hydrogen-bond acceptors (Lipinski definition) is 4. The van der Waals surface area contributed by atoms with Gasteiger partial charge in [-0.15, -0.1) is 0 Å². The quantitative estimate of drug-likeness (QED) is 0.753. The number of imide groups is 1. The van der Waals surface area contributed by atoms with Crippen molar-refractivity contribution < 1.29 is 22.8 Å². The maximum atomic E-state index is 13.8. The van der Waals surface area contributed by atoms with E-state index in [4.69, 9.17) is 4.42 Å². The van der Waals surface area contributed by atoms with Crippen molar-refractivity contribution >= 4 is 29.0 Å². The standard InChI is InChI=1S/C17H13F2NO3S/c1-2-7-20-16(21)15(24-17(20)22)9-11-4-6-14(23-11)12-5-3-10(18)8-13(12)19/h3-6,8-9H,2,7H2,1H3/b15-9+. The van der Waals surface area contributed by atoms with Gasteiger partial charge in [-0.3, -0.25) is 14.5 Å². The first-order valence-electron chi connectivity index (χ1n) is 7.30. The molecule has 2 amide bonds. The molecule has 1 saturated heterocycles. The predicted molar refractivity (Wildman–Crippen MR) is 87.0 cm³/mol. The molecule has 2 aromatic rings. The Bertz CT molecular complexity index is 844. The van der Waals surface area contributed by atoms with Crippen LogP contribution in [0.4, 0.5) is 13.6 Å². The van der Waals surface area contributed by atoms with Gasteiger partial charge in [-0.25, -0.2) is 8.78 Å². The van der Waals surface area contributed by atoms with Crippen LogP contribution in [0.3, 0.4) is 0 Å². The molecular formula is C17H13F2NO3S. The van der Waals surface area contributed by atoms with E-state index in [1.165, 1.54) is 23.1 Å². The van der Waals surface area contributed by atoms with Crippen molar-refractivity contribution in [2.75, 3.05) is 6.54 Å². The van der Waals surface area contributed by atoms with Crippen molar-refractivity contribution in [1.29, 1.82) is 0 Å². The van der Waals surface area contributed by atoms with Crippen LogP contribution in [0.25, 0.3) is 17.4 Å². The molecule has 0 N–H and O–H groups in total. The molecule has 1 aromatic heterocycles. The van der Waals surface area contributed by atoms with Crippen LogP contribution in [0.1, 0.15) is 19.1 Å². The molecule has 24 heavy (non-hydrogen) atoms. The van der Waals surface area contributed by atoms with Gasteiger partial charge in [-0.1, -0.05) is 6.92 Å². The summed E-state index contributed by atoms with van der Waals surface area (Å²) < 4.78 is 32.2. The number of hydrogen-bond donors (Lipinski definition) is 0. The smallest absolute Gasteiger partial charge is 0.293 e. The molecule has 0 aliphatic carbocycles. The Balaban J connectivity index is 1.86. The first kappa shape index (κ1) is 16.4. The van der Waals surface area contributed by atoms with E-state index in [2.05, 4.69) is 0 Å². The fourth-order valence-electron chi connectivity index (χ4n) is 2.31. The minimum Gasteiger partial charge on any atom is -0.457 e. The van der Waals surface area contributed by atoms with Crippen LogP contribution in [0, 0.1) is 11.6 Å². The summed E-state index contributed by atoms with van der Waals surface area (Å²) in [5.74, 6) is -1.24. The Morgan fingerprint density at radius 1 is 1.21 bits per heavy atom. The van der Waals surface area contributed by atoms with Gasteiger partial charge in [0.2, 0.25) is 0 Å². The molecule has 1 fully saturated rings. The lowest BCUT2D eigenvalue weighted by Gasteiger charge is -2.09. The summed E-state index contributed by atoms with van der Waals surface area (Å²) in [5.41, 5.74) is 0.120. The molecule has 2 heterocycles. The number of rotatable bonds is 4. The number of furan rings is 1. The van der Waals surface area contributed by atoms with Gasteiger partial charge in [0.15, 0.2) is 0 Å². The van der Waals surface area contributed by atoms with Gasteiger partial charge in [-0.05, 0) is 42.4 Å². The molecular weight excluding hydrogens is 336 g/mol. The normalized spacial score (nSPS) is 16.5. The number of carbonyl (C=O) groups is 2. The molecule has 3 rings (SSSR count). The zero-order chi connectivity index (χ0) is 17.3. The fraction of sp³-hybridized carbons (Fsp3) is 0.176. The second kappa shape index (κ2) is 6.60. The van der Waals surface area contributed by atoms with E-state index in [9.17, 15) is 18.4 Å². The number of nitrogens with zero attached hydrogens (tertiary/aromatic N) is 1. The Morgan fingerprint density at radius 3 is 2.71 bits per heavy atom. The van der Waals surface area contributed by atoms with E-state index in [-0.39, 0.29) is 27.4 Å². The van der Waals surface area contributed by atoms with Gasteiger partial charge >= 0.3 is 0 Å². The maximum Gasteiger partial charge on any atom is 0.293 e. The molecule has 1 aliphatic heterocycles. The fourth-order valence-corrected chi connectivity index (χ4v) is 3.16. The highest BCUT2D eigenvalue weighted by atomic mass is 32.2. The molecule has 4 nitrogen and oxygen atoms in total. The van der Waals surface area contributed by atoms with Crippen molar-refractivity contribution in [2.24, 2.45) is 0 Å². The van der Waals surface area contributed by atoms with Crippen LogP contribution in [0.5, 0.6) is 0 Å². The Labute approximate surface area is 141 Å². The monoisotopic (exact) mass is 349 g/mol. The Morgan fingerprint density at radius 2 is 2.00 bits per heavy atom. The summed E-state index contributed by atoms with van der Waals surface area (Å²) in [4.78, 5) is 25.4. The van der Waals surface area contributed by atoms with E-state index in [0.717, 1.165) is 23.9 Å². The van der Waals surface area contributed by atoms with Crippen LogP contribution < -0.4 is 0 Å². The average Bonchev–Trinajstić information content (AvgIpc) is 3.08. The lowest BCUT2D eigenvalue weighted by Crippen LogP contribution is -2.28. The van der Waals surface area contributed by atoms with Crippen LogP contribution in [0.15, 0.2) is 39.7 Å². The molecule has 0 atom stereocenters. The predicted octanol–water partition coefficient (Wildman–Crippen LogP) is 4.67. The van der Waals surface area contributed by atoms with Gasteiger partial charge in [0.05, 0.1) is 10.5 Å². The van der Waals surface area contributed by atoms with Gasteiger partial charge < -0.3 is 4.42 Å². The van der Waals surface area contributed by atoms with E-state index < -0.39 is 11.6 Å². The van der Waals surface area contributed by atoms with Crippen LogP contribution in [-0.2, 0) is 4.79 Å². The highest BCUT2D eigenvalue weighted by molar-refractivity contribution is 8.18. The summed E-state index contributed by atoms with van der Waals surface area (Å²) in [6.45, 7) is 2.25. The number of halogens is 2. The van der Waals surface area contributed by atoms with E-state index in [1.807, 2.05) is 6.92 Å². The van der Waals surface area contributed by atoms with Gasteiger partial charge in [0, 0.05) is 18.7 Å². The van der Waals surface area contributed by atoms with Gasteiger partial charge in [0.25, 0.3) is 11.1 Å². The van der Waals surface area contributed by atoms with E-state index >= 15 is 0 Å². The summed E-state index contributed by atoms with van der Waals surface area (Å²) in [7, 11) is 0. The van der Waals surface area contributed by atoms with E-state index in [1.54, 1.807) is 6.07 Å². The zero-order valence-electron chi connectivity index (χ0n) is 12.7. The van der Waals surface area contributed by atoms with Crippen LogP contribution in [0.2, 0.25) is 0 Å². The van der Waals surface area contributed by atoms with Gasteiger partial charge in [0.1, 0.15) is 23.2 Å². The molecule has 0 radical (unpaired) electrons. The van der Waals surface area contributed by atoms with Gasteiger partial charge in [-0.2, -0.15) is 0 Å². The Kier molecular flexibility index (Phi) is 4.53. The minimum absolute atomic E-state index is 0.120. The molecule has 0 unspecified atom stereocenters. The maximum absolute atomic E-state index is 13.8. The van der Waals surface area contributed by atoms with Crippen LogP contribution >= 0.6 is 11.8 Å². The number of amides is 2. The van der Waals surface area contributed by atoms with E-state index in [0.29, 0.717) is 18.7 Å². The minimum atomic E-state index is -0.737. The second-order valence-electron chi connectivity index (χ2n) is 5.16. The molecule has 7 heteroatoms. The molecule has 0 spiro atoms. The molecule has 1 aromatic carbocycles. The molecule has 124 valence electrons. The van der Waals surface area contributed by atoms with Crippen molar-refractivity contribution in [2.45, 2.75) is 13.3 Å². The summed E-state index contributed by atoms with van der Waals surface area (Å²) in [5, 5.41) is -0.315. The Hall–Kier alpha value is -2.41. The summed E-state index contributed by atoms with van der Waals surface area (Å²) in [6, 6.07) is 6.27. The van der Waals surface area contributed by atoms with Crippen molar-refractivity contribution in [1.82, 2.24) is 4.90 Å². The highest BCUT2D eigenvalue weighted by Gasteiger charge is 2.34. The van der Waals surface area contributed by atoms with Crippen LogP contribution in [-0.4, -0.2) is 22.6 Å². The van der Waals surface area contributed by atoms with Crippen molar-refractivity contribution in [3.8, 4) is 11.3 Å². The lowest BCUT2D eigenvalue weighted by atomic mass is 10.1. The third-order valence-electron chi connectivity index (χ3n) is 3.42. The van der Waals surface area contributed by atoms with Crippen molar-refractivity contribution in [3.63, 3.8) is 0 Å². The summed E-state index contributed by atoms with van der Waals surface area (Å²) >= 11 is 0.842. The topological polar surface area (TPSA) is 50.5 Å². The SMILES string of the molecule is CCCN1C(=O)S/C(=C/c2ccc(-c3ccc(F)cc3F)o2)C1=O. The highest BCUT2D eigenvalue weighted by Crippen LogP contribution is 2.33. The third kappa shape index (κ3) is 3.12. The second-order valence-corrected chi connectivity index (χ2v) is 6.15.